The summed E-state index contributed by atoms with van der Waals surface area (Å²) in [6.07, 6.45) is 0.188. The minimum atomic E-state index is -1.11. The molecular weight excluding hydrogens is 298 g/mol. The van der Waals surface area contributed by atoms with Gasteiger partial charge in [-0.05, 0) is 19.1 Å². The summed E-state index contributed by atoms with van der Waals surface area (Å²) in [7, 11) is 1.46. The van der Waals surface area contributed by atoms with E-state index in [-0.39, 0.29) is 19.6 Å². The summed E-state index contributed by atoms with van der Waals surface area (Å²) in [5, 5.41) is 11.9. The van der Waals surface area contributed by atoms with Crippen LogP contribution >= 0.6 is 11.6 Å². The van der Waals surface area contributed by atoms with Gasteiger partial charge in [0.2, 0.25) is 0 Å². The molecule has 1 atom stereocenters. The fraction of sp³-hybridized carbons (Fsp3) is 0.429. The van der Waals surface area contributed by atoms with Crippen LogP contribution in [0.3, 0.4) is 0 Å². The van der Waals surface area contributed by atoms with Crippen LogP contribution < -0.4 is 10.1 Å². The van der Waals surface area contributed by atoms with Crippen molar-refractivity contribution in [1.29, 1.82) is 0 Å². The minimum absolute atomic E-state index is 0.188. The number of nitrogens with one attached hydrogen (secondary N) is 1. The third kappa shape index (κ3) is 5.61. The predicted molar refractivity (Wildman–Crippen MR) is 77.7 cm³/mol. The summed E-state index contributed by atoms with van der Waals surface area (Å²) in [5.74, 6) is -1.14. The number of carbonyl (C=O) groups is 2. The Kier molecular flexibility index (Phi) is 6.98. The molecule has 1 amide bonds. The van der Waals surface area contributed by atoms with E-state index in [9.17, 15) is 9.59 Å². The summed E-state index contributed by atoms with van der Waals surface area (Å²) in [6, 6.07) is 4.12. The lowest BCUT2D eigenvalue weighted by Crippen LogP contribution is -2.43. The molecule has 0 aromatic heterocycles. The summed E-state index contributed by atoms with van der Waals surface area (Å²) >= 11 is 5.94. The maximum Gasteiger partial charge on any atom is 0.326 e. The van der Waals surface area contributed by atoms with Gasteiger partial charge in [-0.15, -0.1) is 0 Å². The zero-order valence-electron chi connectivity index (χ0n) is 11.9. The molecule has 1 aromatic rings. The highest BCUT2D eigenvalue weighted by atomic mass is 35.5. The van der Waals surface area contributed by atoms with E-state index >= 15 is 0 Å². The van der Waals surface area contributed by atoms with Crippen molar-refractivity contribution < 1.29 is 24.2 Å². The van der Waals surface area contributed by atoms with Crippen molar-refractivity contribution in [3.63, 3.8) is 0 Å². The van der Waals surface area contributed by atoms with Crippen LogP contribution in [-0.2, 0) is 14.3 Å². The van der Waals surface area contributed by atoms with E-state index in [1.165, 1.54) is 7.11 Å². The number of carbonyl (C=O) groups excluding carboxylic acids is 1. The van der Waals surface area contributed by atoms with Gasteiger partial charge in [0.25, 0.3) is 5.91 Å². The van der Waals surface area contributed by atoms with E-state index in [2.05, 4.69) is 5.32 Å². The average molecular weight is 316 g/mol. The molecule has 0 heterocycles. The van der Waals surface area contributed by atoms with Gasteiger partial charge in [0, 0.05) is 30.7 Å². The third-order valence-corrected chi connectivity index (χ3v) is 3.23. The number of rotatable bonds is 8. The van der Waals surface area contributed by atoms with E-state index in [4.69, 9.17) is 26.2 Å². The fourth-order valence-corrected chi connectivity index (χ4v) is 1.78. The smallest absolute Gasteiger partial charge is 0.326 e. The summed E-state index contributed by atoms with van der Waals surface area (Å²) in [5.41, 5.74) is 0.723. The number of benzene rings is 1. The number of methoxy groups -OCH3 is 1. The number of halogens is 1. The van der Waals surface area contributed by atoms with Gasteiger partial charge < -0.3 is 19.9 Å². The molecule has 2 N–H and O–H groups in total. The summed E-state index contributed by atoms with van der Waals surface area (Å²) in [6.45, 7) is 1.73. The van der Waals surface area contributed by atoms with Crippen molar-refractivity contribution >= 4 is 23.5 Å². The molecule has 0 bridgehead atoms. The molecule has 7 heteroatoms. The molecule has 116 valence electrons. The molecule has 0 spiro atoms. The Balaban J connectivity index is 2.52. The maximum absolute atomic E-state index is 11.7. The van der Waals surface area contributed by atoms with Gasteiger partial charge in [-0.1, -0.05) is 17.7 Å². The second-order valence-electron chi connectivity index (χ2n) is 4.39. The molecule has 0 aliphatic carbocycles. The Hall–Kier alpha value is -1.79. The number of ether oxygens (including phenoxy) is 2. The highest BCUT2D eigenvalue weighted by molar-refractivity contribution is 6.31. The van der Waals surface area contributed by atoms with Gasteiger partial charge in [-0.3, -0.25) is 4.79 Å². The van der Waals surface area contributed by atoms with Crippen molar-refractivity contribution in [1.82, 2.24) is 5.32 Å². The van der Waals surface area contributed by atoms with E-state index in [1.807, 2.05) is 0 Å². The number of carboxylic acids is 1. The van der Waals surface area contributed by atoms with Crippen LogP contribution in [0, 0.1) is 6.92 Å². The van der Waals surface area contributed by atoms with Crippen LogP contribution in [0.25, 0.3) is 0 Å². The average Bonchev–Trinajstić information content (AvgIpc) is 2.44. The first kappa shape index (κ1) is 17.3. The summed E-state index contributed by atoms with van der Waals surface area (Å²) in [4.78, 5) is 22.7. The van der Waals surface area contributed by atoms with Crippen LogP contribution in [0.4, 0.5) is 0 Å². The predicted octanol–water partition coefficient (Wildman–Crippen LogP) is 1.63. The normalized spacial score (nSPS) is 11.8. The van der Waals surface area contributed by atoms with Gasteiger partial charge in [0.1, 0.15) is 11.8 Å². The van der Waals surface area contributed by atoms with Crippen LogP contribution in [0.15, 0.2) is 18.2 Å². The Labute approximate surface area is 128 Å². The zero-order valence-corrected chi connectivity index (χ0v) is 12.6. The molecule has 0 aliphatic rings. The van der Waals surface area contributed by atoms with Crippen molar-refractivity contribution in [2.24, 2.45) is 0 Å². The molecule has 0 saturated carbocycles. The van der Waals surface area contributed by atoms with Crippen LogP contribution in [-0.4, -0.2) is 43.3 Å². The minimum Gasteiger partial charge on any atom is -0.483 e. The summed E-state index contributed by atoms with van der Waals surface area (Å²) < 4.78 is 10.1. The van der Waals surface area contributed by atoms with Crippen molar-refractivity contribution in [3.05, 3.63) is 28.8 Å². The van der Waals surface area contributed by atoms with E-state index in [0.717, 1.165) is 5.56 Å². The monoisotopic (exact) mass is 315 g/mol. The van der Waals surface area contributed by atoms with Crippen LogP contribution in [0.5, 0.6) is 5.75 Å². The second kappa shape index (κ2) is 8.49. The van der Waals surface area contributed by atoms with Crippen LogP contribution in [0.1, 0.15) is 12.0 Å². The number of amides is 1. The second-order valence-corrected chi connectivity index (χ2v) is 4.80. The third-order valence-electron chi connectivity index (χ3n) is 2.82. The van der Waals surface area contributed by atoms with Gasteiger partial charge in [0.05, 0.1) is 0 Å². The number of aliphatic carboxylic acids is 1. The fourth-order valence-electron chi connectivity index (χ4n) is 1.62. The van der Waals surface area contributed by atoms with Gasteiger partial charge in [-0.25, -0.2) is 4.79 Å². The zero-order chi connectivity index (χ0) is 15.8. The Morgan fingerprint density at radius 1 is 1.43 bits per heavy atom. The first-order chi connectivity index (χ1) is 9.95. The molecule has 6 nitrogen and oxygen atoms in total. The van der Waals surface area contributed by atoms with Crippen LogP contribution in [0.2, 0.25) is 5.02 Å². The largest absolute Gasteiger partial charge is 0.483 e. The molecule has 1 aromatic carbocycles. The van der Waals surface area contributed by atoms with Gasteiger partial charge in [0.15, 0.2) is 6.61 Å². The van der Waals surface area contributed by atoms with Crippen molar-refractivity contribution in [2.75, 3.05) is 20.3 Å². The SMILES string of the molecule is COCCC(NC(=O)COc1cccc(Cl)c1C)C(=O)O. The highest BCUT2D eigenvalue weighted by Gasteiger charge is 2.19. The van der Waals surface area contributed by atoms with E-state index < -0.39 is 17.9 Å². The lowest BCUT2D eigenvalue weighted by Gasteiger charge is -2.15. The lowest BCUT2D eigenvalue weighted by atomic mass is 10.2. The molecule has 0 saturated heterocycles. The molecular formula is C14H18ClNO5. The first-order valence-electron chi connectivity index (χ1n) is 6.34. The molecule has 0 radical (unpaired) electrons. The molecule has 1 unspecified atom stereocenters. The van der Waals surface area contributed by atoms with Gasteiger partial charge in [-0.2, -0.15) is 0 Å². The number of carboxylic acid groups (broad SMARTS) is 1. The topological polar surface area (TPSA) is 84.9 Å². The number of hydrogen-bond acceptors (Lipinski definition) is 4. The Morgan fingerprint density at radius 3 is 2.76 bits per heavy atom. The maximum atomic E-state index is 11.7. The molecule has 0 fully saturated rings. The van der Waals surface area contributed by atoms with Crippen molar-refractivity contribution in [3.8, 4) is 5.75 Å². The molecule has 21 heavy (non-hydrogen) atoms. The highest BCUT2D eigenvalue weighted by Crippen LogP contribution is 2.24. The van der Waals surface area contributed by atoms with Crippen molar-refractivity contribution in [2.45, 2.75) is 19.4 Å². The first-order valence-corrected chi connectivity index (χ1v) is 6.72. The quantitative estimate of drug-likeness (QED) is 0.761. The van der Waals surface area contributed by atoms with Gasteiger partial charge >= 0.3 is 5.97 Å². The number of hydrogen-bond donors (Lipinski definition) is 2. The molecule has 1 rings (SSSR count). The lowest BCUT2D eigenvalue weighted by molar-refractivity contribution is -0.142. The Bertz CT molecular complexity index is 506. The Morgan fingerprint density at radius 2 is 2.14 bits per heavy atom. The molecule has 0 aliphatic heterocycles. The standard InChI is InChI=1S/C14H18ClNO5/c1-9-10(15)4-3-5-12(9)21-8-13(17)16-11(14(18)19)6-7-20-2/h3-5,11H,6-8H2,1-2H3,(H,16,17)(H,18,19). The van der Waals surface area contributed by atoms with E-state index in [1.54, 1.807) is 25.1 Å². The van der Waals surface area contributed by atoms with E-state index in [0.29, 0.717) is 10.8 Å².